The maximum absolute atomic E-state index is 13.3. The number of pyridine rings is 1. The van der Waals surface area contributed by atoms with Gasteiger partial charge in [0.15, 0.2) is 0 Å². The van der Waals surface area contributed by atoms with Gasteiger partial charge in [0.25, 0.3) is 5.91 Å². The van der Waals surface area contributed by atoms with E-state index in [4.69, 9.17) is 0 Å². The molecule has 3 aromatic rings. The summed E-state index contributed by atoms with van der Waals surface area (Å²) < 4.78 is 0. The molecule has 1 aliphatic rings. The lowest BCUT2D eigenvalue weighted by Gasteiger charge is -2.33. The van der Waals surface area contributed by atoms with Gasteiger partial charge in [-0.1, -0.05) is 57.9 Å². The Labute approximate surface area is 200 Å². The second kappa shape index (κ2) is 9.58. The number of nitrogens with one attached hydrogen (secondary N) is 3. The minimum atomic E-state index is -0.687. The van der Waals surface area contributed by atoms with Crippen LogP contribution in [0.4, 0.5) is 5.69 Å². The normalized spacial score (nSPS) is 17.7. The number of carbonyl (C=O) groups is 2. The van der Waals surface area contributed by atoms with Gasteiger partial charge in [0.05, 0.1) is 18.0 Å². The minimum Gasteiger partial charge on any atom is -0.388 e. The zero-order chi connectivity index (χ0) is 24.5. The number of aliphatic hydroxyl groups is 1. The van der Waals surface area contributed by atoms with Crippen LogP contribution in [0.3, 0.4) is 0 Å². The van der Waals surface area contributed by atoms with Gasteiger partial charge in [-0.3, -0.25) is 14.6 Å². The van der Waals surface area contributed by atoms with Crippen LogP contribution in [0.25, 0.3) is 10.8 Å². The molecule has 2 heterocycles. The van der Waals surface area contributed by atoms with Crippen molar-refractivity contribution in [3.05, 3.63) is 59.2 Å². The number of nitrogens with zero attached hydrogens (tertiary/aromatic N) is 1. The Hall–Kier alpha value is -3.19. The molecule has 2 atom stereocenters. The van der Waals surface area contributed by atoms with E-state index in [9.17, 15) is 14.7 Å². The SMILES string of the molecule is CCCCC(NC(=O)c1[nH]c2c(c1C)C(O)CC(C)(C)C2)C(=O)Nc1cncc2ccccc12. The number of aliphatic hydroxyl groups excluding tert-OH is 1. The monoisotopic (exact) mass is 462 g/mol. The molecule has 2 amide bonds. The molecule has 1 aliphatic carbocycles. The van der Waals surface area contributed by atoms with Crippen LogP contribution in [-0.2, 0) is 11.2 Å². The molecule has 0 aliphatic heterocycles. The highest BCUT2D eigenvalue weighted by Gasteiger charge is 2.36. The summed E-state index contributed by atoms with van der Waals surface area (Å²) in [6.07, 6.45) is 6.45. The van der Waals surface area contributed by atoms with Gasteiger partial charge in [-0.25, -0.2) is 0 Å². The third kappa shape index (κ3) is 4.85. The van der Waals surface area contributed by atoms with E-state index < -0.39 is 12.1 Å². The van der Waals surface area contributed by atoms with E-state index in [1.54, 1.807) is 12.4 Å². The van der Waals surface area contributed by atoms with Crippen molar-refractivity contribution in [1.82, 2.24) is 15.3 Å². The van der Waals surface area contributed by atoms with E-state index in [1.165, 1.54) is 0 Å². The van der Waals surface area contributed by atoms with Crippen LogP contribution in [0, 0.1) is 12.3 Å². The number of hydrogen-bond donors (Lipinski definition) is 4. The second-order valence-electron chi connectivity index (χ2n) is 10.1. The van der Waals surface area contributed by atoms with Gasteiger partial charge in [-0.2, -0.15) is 0 Å². The lowest BCUT2D eigenvalue weighted by molar-refractivity contribution is -0.118. The molecule has 2 aromatic heterocycles. The second-order valence-corrected chi connectivity index (χ2v) is 10.1. The zero-order valence-corrected chi connectivity index (χ0v) is 20.4. The predicted octanol–water partition coefficient (Wildman–Crippen LogP) is 4.80. The largest absolute Gasteiger partial charge is 0.388 e. The fourth-order valence-corrected chi connectivity index (χ4v) is 5.01. The summed E-state index contributed by atoms with van der Waals surface area (Å²) in [5.74, 6) is -0.598. The molecule has 0 saturated carbocycles. The van der Waals surface area contributed by atoms with Gasteiger partial charge in [0, 0.05) is 28.2 Å². The van der Waals surface area contributed by atoms with E-state index in [2.05, 4.69) is 41.4 Å². The van der Waals surface area contributed by atoms with Crippen molar-refractivity contribution in [2.75, 3.05) is 5.32 Å². The predicted molar refractivity (Wildman–Crippen MR) is 134 cm³/mol. The van der Waals surface area contributed by atoms with Crippen LogP contribution < -0.4 is 10.6 Å². The molecule has 0 bridgehead atoms. The topological polar surface area (TPSA) is 107 Å². The molecule has 34 heavy (non-hydrogen) atoms. The summed E-state index contributed by atoms with van der Waals surface area (Å²) in [5.41, 5.74) is 3.47. The molecule has 0 radical (unpaired) electrons. The number of fused-ring (bicyclic) bond motifs is 2. The number of aromatic nitrogens is 2. The van der Waals surface area contributed by atoms with Crippen molar-refractivity contribution in [1.29, 1.82) is 0 Å². The average molecular weight is 463 g/mol. The number of H-pyrrole nitrogens is 1. The Bertz CT molecular complexity index is 1210. The molecule has 0 saturated heterocycles. The quantitative estimate of drug-likeness (QED) is 0.404. The molecule has 1 aromatic carbocycles. The van der Waals surface area contributed by atoms with Gasteiger partial charge in [0.1, 0.15) is 11.7 Å². The van der Waals surface area contributed by atoms with Gasteiger partial charge in [-0.15, -0.1) is 0 Å². The Morgan fingerprint density at radius 3 is 2.79 bits per heavy atom. The van der Waals surface area contributed by atoms with Crippen LogP contribution in [0.5, 0.6) is 0 Å². The van der Waals surface area contributed by atoms with E-state index in [1.807, 2.05) is 31.2 Å². The third-order valence-electron chi connectivity index (χ3n) is 6.74. The van der Waals surface area contributed by atoms with Gasteiger partial charge in [0.2, 0.25) is 5.91 Å². The number of aromatic amines is 1. The number of carbonyl (C=O) groups excluding carboxylic acids is 2. The number of anilines is 1. The van der Waals surface area contributed by atoms with Crippen molar-refractivity contribution < 1.29 is 14.7 Å². The van der Waals surface area contributed by atoms with Gasteiger partial charge in [-0.05, 0) is 37.2 Å². The lowest BCUT2D eigenvalue weighted by Crippen LogP contribution is -2.44. The van der Waals surface area contributed by atoms with Crippen LogP contribution in [0.15, 0.2) is 36.7 Å². The highest BCUT2D eigenvalue weighted by Crippen LogP contribution is 2.42. The molecule has 0 spiro atoms. The van der Waals surface area contributed by atoms with E-state index in [0.717, 1.165) is 46.9 Å². The maximum atomic E-state index is 13.3. The molecule has 7 nitrogen and oxygen atoms in total. The van der Waals surface area contributed by atoms with E-state index in [-0.39, 0.29) is 17.2 Å². The molecule has 4 rings (SSSR count). The minimum absolute atomic E-state index is 0.0481. The van der Waals surface area contributed by atoms with Crippen molar-refractivity contribution in [3.63, 3.8) is 0 Å². The average Bonchev–Trinajstić information content (AvgIpc) is 3.11. The number of amides is 2. The first-order valence-electron chi connectivity index (χ1n) is 12.0. The van der Waals surface area contributed by atoms with Crippen LogP contribution in [0.2, 0.25) is 0 Å². The van der Waals surface area contributed by atoms with Crippen molar-refractivity contribution in [3.8, 4) is 0 Å². The highest BCUT2D eigenvalue weighted by molar-refractivity contribution is 6.05. The van der Waals surface area contributed by atoms with E-state index in [0.29, 0.717) is 24.2 Å². The standard InChI is InChI=1S/C27H34N4O3/c1-5-6-11-19(25(33)31-21-15-28-14-17-9-7-8-10-18(17)21)30-26(34)24-16(2)23-20(29-24)12-27(3,4)13-22(23)32/h7-10,14-15,19,22,29,32H,5-6,11-13H2,1-4H3,(H,30,34)(H,31,33). The molecule has 180 valence electrons. The number of unbranched alkanes of at least 4 members (excludes halogenated alkanes) is 1. The Morgan fingerprint density at radius 2 is 2.03 bits per heavy atom. The molecule has 0 fully saturated rings. The third-order valence-corrected chi connectivity index (χ3v) is 6.74. The number of benzene rings is 1. The first kappa shape index (κ1) is 24.0. The first-order valence-corrected chi connectivity index (χ1v) is 12.0. The van der Waals surface area contributed by atoms with Crippen LogP contribution >= 0.6 is 0 Å². The number of rotatable bonds is 7. The fraction of sp³-hybridized carbons (Fsp3) is 0.444. The number of hydrogen-bond acceptors (Lipinski definition) is 4. The van der Waals surface area contributed by atoms with Crippen molar-refractivity contribution >= 4 is 28.3 Å². The molecule has 2 unspecified atom stereocenters. The van der Waals surface area contributed by atoms with E-state index >= 15 is 0 Å². The van der Waals surface area contributed by atoms with Gasteiger partial charge < -0.3 is 20.7 Å². The van der Waals surface area contributed by atoms with Crippen molar-refractivity contribution in [2.45, 2.75) is 71.9 Å². The zero-order valence-electron chi connectivity index (χ0n) is 20.4. The summed E-state index contributed by atoms with van der Waals surface area (Å²) in [5, 5.41) is 18.4. The Morgan fingerprint density at radius 1 is 1.26 bits per heavy atom. The lowest BCUT2D eigenvalue weighted by atomic mass is 9.75. The van der Waals surface area contributed by atoms with Crippen molar-refractivity contribution in [2.24, 2.45) is 5.41 Å². The summed E-state index contributed by atoms with van der Waals surface area (Å²) in [7, 11) is 0. The van der Waals surface area contributed by atoms with Crippen LogP contribution in [-0.4, -0.2) is 32.9 Å². The van der Waals surface area contributed by atoms with Crippen LogP contribution in [0.1, 0.15) is 79.9 Å². The maximum Gasteiger partial charge on any atom is 0.268 e. The molecular formula is C27H34N4O3. The Kier molecular flexibility index (Phi) is 6.75. The summed E-state index contributed by atoms with van der Waals surface area (Å²) in [4.78, 5) is 34.0. The summed E-state index contributed by atoms with van der Waals surface area (Å²) in [6.45, 7) is 8.14. The summed E-state index contributed by atoms with van der Waals surface area (Å²) in [6, 6.07) is 7.04. The smallest absolute Gasteiger partial charge is 0.268 e. The Balaban J connectivity index is 1.56. The van der Waals surface area contributed by atoms with Gasteiger partial charge >= 0.3 is 0 Å². The first-order chi connectivity index (χ1) is 16.2. The molecular weight excluding hydrogens is 428 g/mol. The molecule has 4 N–H and O–H groups in total. The fourth-order valence-electron chi connectivity index (χ4n) is 5.01. The molecule has 7 heteroatoms. The summed E-state index contributed by atoms with van der Waals surface area (Å²) >= 11 is 0. The highest BCUT2D eigenvalue weighted by atomic mass is 16.3.